The topological polar surface area (TPSA) is 84.3 Å². The molecule has 1 fully saturated rings. The highest BCUT2D eigenvalue weighted by atomic mass is 32.2. The average Bonchev–Trinajstić information content (AvgIpc) is 3.44. The van der Waals surface area contributed by atoms with Gasteiger partial charge in [-0.3, -0.25) is 9.52 Å². The van der Waals surface area contributed by atoms with Gasteiger partial charge in [0.2, 0.25) is 5.91 Å². The Bertz CT molecular complexity index is 1230. The second-order valence-electron chi connectivity index (χ2n) is 7.66. The van der Waals surface area contributed by atoms with Crippen molar-refractivity contribution in [1.29, 1.82) is 0 Å². The molecule has 1 amide bonds. The molecule has 0 bridgehead atoms. The molecule has 7 nitrogen and oxygen atoms in total. The SMILES string of the molecule is Cc1ccc(NS(=O)(=O)c2cc(-c3nc(C)cs3)n(CC(=O)N3CCCC3)c2)c(F)c1. The van der Waals surface area contributed by atoms with Gasteiger partial charge in [-0.1, -0.05) is 6.07 Å². The van der Waals surface area contributed by atoms with E-state index in [1.807, 2.05) is 12.3 Å². The lowest BCUT2D eigenvalue weighted by Gasteiger charge is -2.16. The molecule has 3 heterocycles. The van der Waals surface area contributed by atoms with Crippen molar-refractivity contribution in [3.05, 3.63) is 52.9 Å². The fourth-order valence-corrected chi connectivity index (χ4v) is 5.47. The minimum atomic E-state index is -4.07. The number of benzene rings is 1. The van der Waals surface area contributed by atoms with E-state index in [1.165, 1.54) is 35.7 Å². The maximum Gasteiger partial charge on any atom is 0.263 e. The Morgan fingerprint density at radius 3 is 2.61 bits per heavy atom. The monoisotopic (exact) mass is 462 g/mol. The normalized spacial score (nSPS) is 14.2. The number of rotatable bonds is 6. The van der Waals surface area contributed by atoms with Crippen molar-refractivity contribution in [3.8, 4) is 10.7 Å². The van der Waals surface area contributed by atoms with E-state index in [9.17, 15) is 17.6 Å². The summed E-state index contributed by atoms with van der Waals surface area (Å²) in [6, 6.07) is 5.76. The van der Waals surface area contributed by atoms with Crippen molar-refractivity contribution in [3.63, 3.8) is 0 Å². The summed E-state index contributed by atoms with van der Waals surface area (Å²) in [6.07, 6.45) is 3.36. The van der Waals surface area contributed by atoms with E-state index in [2.05, 4.69) is 9.71 Å². The minimum Gasteiger partial charge on any atom is -0.341 e. The summed E-state index contributed by atoms with van der Waals surface area (Å²) in [7, 11) is -4.07. The van der Waals surface area contributed by atoms with Crippen molar-refractivity contribution in [2.75, 3.05) is 17.8 Å². The van der Waals surface area contributed by atoms with Crippen molar-refractivity contribution in [2.45, 2.75) is 38.1 Å². The van der Waals surface area contributed by atoms with E-state index in [0.717, 1.165) is 18.5 Å². The van der Waals surface area contributed by atoms with Crippen LogP contribution in [0.25, 0.3) is 10.7 Å². The van der Waals surface area contributed by atoms with Crippen LogP contribution < -0.4 is 4.72 Å². The first kappa shape index (κ1) is 21.5. The van der Waals surface area contributed by atoms with E-state index < -0.39 is 15.8 Å². The van der Waals surface area contributed by atoms with E-state index >= 15 is 0 Å². The van der Waals surface area contributed by atoms with Crippen LogP contribution in [-0.2, 0) is 21.4 Å². The molecule has 2 aromatic heterocycles. The average molecular weight is 463 g/mol. The largest absolute Gasteiger partial charge is 0.341 e. The molecular weight excluding hydrogens is 439 g/mol. The maximum atomic E-state index is 14.2. The molecule has 0 unspecified atom stereocenters. The van der Waals surface area contributed by atoms with Crippen molar-refractivity contribution in [1.82, 2.24) is 14.5 Å². The van der Waals surface area contributed by atoms with E-state index in [1.54, 1.807) is 22.5 Å². The Balaban J connectivity index is 1.68. The molecule has 3 aromatic rings. The fraction of sp³-hybridized carbons (Fsp3) is 0.333. The number of carbonyl (C=O) groups is 1. The number of amides is 1. The third-order valence-electron chi connectivity index (χ3n) is 5.15. The predicted octanol–water partition coefficient (Wildman–Crippen LogP) is 3.79. The van der Waals surface area contributed by atoms with Crippen molar-refractivity contribution >= 4 is 33.0 Å². The molecule has 0 aliphatic carbocycles. The quantitative estimate of drug-likeness (QED) is 0.604. The Morgan fingerprint density at radius 1 is 1.23 bits per heavy atom. The number of likely N-dealkylation sites (tertiary alicyclic amines) is 1. The number of nitrogens with one attached hydrogen (secondary N) is 1. The lowest BCUT2D eigenvalue weighted by molar-refractivity contribution is -0.130. The highest BCUT2D eigenvalue weighted by Crippen LogP contribution is 2.29. The summed E-state index contributed by atoms with van der Waals surface area (Å²) in [5, 5.41) is 2.48. The van der Waals surface area contributed by atoms with Crippen LogP contribution in [0.5, 0.6) is 0 Å². The van der Waals surface area contributed by atoms with Crippen LogP contribution in [0.4, 0.5) is 10.1 Å². The predicted molar refractivity (Wildman–Crippen MR) is 118 cm³/mol. The summed E-state index contributed by atoms with van der Waals surface area (Å²) < 4.78 is 44.1. The number of sulfonamides is 1. The first-order valence-corrected chi connectivity index (χ1v) is 12.3. The Labute approximate surface area is 184 Å². The van der Waals surface area contributed by atoms with Gasteiger partial charge in [0, 0.05) is 30.4 Å². The van der Waals surface area contributed by atoms with Crippen LogP contribution in [0, 0.1) is 19.7 Å². The zero-order chi connectivity index (χ0) is 22.2. The zero-order valence-corrected chi connectivity index (χ0v) is 18.9. The van der Waals surface area contributed by atoms with E-state index in [-0.39, 0.29) is 23.0 Å². The summed E-state index contributed by atoms with van der Waals surface area (Å²) >= 11 is 1.38. The molecule has 1 aromatic carbocycles. The van der Waals surface area contributed by atoms with Crippen molar-refractivity contribution < 1.29 is 17.6 Å². The number of aryl methyl sites for hydroxylation is 2. The van der Waals surface area contributed by atoms with Crippen LogP contribution in [0.15, 0.2) is 40.7 Å². The van der Waals surface area contributed by atoms with Gasteiger partial charge in [0.05, 0.1) is 11.4 Å². The maximum absolute atomic E-state index is 14.2. The molecule has 0 saturated carbocycles. The van der Waals surface area contributed by atoms with Crippen LogP contribution in [0.1, 0.15) is 24.1 Å². The number of hydrogen-bond donors (Lipinski definition) is 1. The van der Waals surface area contributed by atoms with Crippen LogP contribution >= 0.6 is 11.3 Å². The third-order valence-corrected chi connectivity index (χ3v) is 7.47. The van der Waals surface area contributed by atoms with Gasteiger partial charge in [0.25, 0.3) is 10.0 Å². The van der Waals surface area contributed by atoms with Gasteiger partial charge in [-0.15, -0.1) is 11.3 Å². The van der Waals surface area contributed by atoms with Gasteiger partial charge in [-0.25, -0.2) is 17.8 Å². The molecule has 0 spiro atoms. The Morgan fingerprint density at radius 2 is 1.97 bits per heavy atom. The van der Waals surface area contributed by atoms with E-state index in [0.29, 0.717) is 29.4 Å². The smallest absolute Gasteiger partial charge is 0.263 e. The number of carbonyl (C=O) groups excluding carboxylic acids is 1. The van der Waals surface area contributed by atoms with Gasteiger partial charge < -0.3 is 9.47 Å². The third kappa shape index (κ3) is 4.64. The second-order valence-corrected chi connectivity index (χ2v) is 10.2. The molecule has 1 aliphatic rings. The van der Waals surface area contributed by atoms with Crippen LogP contribution in [0.3, 0.4) is 0 Å². The number of thiazole rings is 1. The van der Waals surface area contributed by atoms with Gasteiger partial charge in [0.1, 0.15) is 22.3 Å². The van der Waals surface area contributed by atoms with Crippen LogP contribution in [0.2, 0.25) is 0 Å². The molecule has 31 heavy (non-hydrogen) atoms. The van der Waals surface area contributed by atoms with Crippen molar-refractivity contribution in [2.24, 2.45) is 0 Å². The number of aromatic nitrogens is 2. The number of anilines is 1. The molecule has 4 rings (SSSR count). The molecule has 1 aliphatic heterocycles. The standard InChI is InChI=1S/C21H23FN4O3S2/c1-14-5-6-18(17(22)9-14)24-31(28,29)16-10-19(21-23-15(2)13-30-21)26(11-16)12-20(27)25-7-3-4-8-25/h5-6,9-11,13,24H,3-4,7-8,12H2,1-2H3. The molecular formula is C21H23FN4O3S2. The molecule has 164 valence electrons. The fourth-order valence-electron chi connectivity index (χ4n) is 3.53. The molecule has 10 heteroatoms. The van der Waals surface area contributed by atoms with Gasteiger partial charge in [-0.05, 0) is 50.5 Å². The van der Waals surface area contributed by atoms with Crippen LogP contribution in [-0.4, -0.2) is 41.9 Å². The summed E-state index contributed by atoms with van der Waals surface area (Å²) in [4.78, 5) is 18.9. The van der Waals surface area contributed by atoms with Gasteiger partial charge >= 0.3 is 0 Å². The molecule has 0 atom stereocenters. The first-order valence-electron chi connectivity index (χ1n) is 9.92. The highest BCUT2D eigenvalue weighted by molar-refractivity contribution is 7.92. The summed E-state index contributed by atoms with van der Waals surface area (Å²) in [5.41, 5.74) is 1.91. The second kappa shape index (κ2) is 8.43. The van der Waals surface area contributed by atoms with Gasteiger partial charge in [0.15, 0.2) is 0 Å². The molecule has 0 radical (unpaired) electrons. The number of hydrogen-bond acceptors (Lipinski definition) is 5. The highest BCUT2D eigenvalue weighted by Gasteiger charge is 2.24. The molecule has 1 saturated heterocycles. The Kier molecular flexibility index (Phi) is 5.85. The zero-order valence-electron chi connectivity index (χ0n) is 17.3. The number of nitrogens with zero attached hydrogens (tertiary/aromatic N) is 3. The lowest BCUT2D eigenvalue weighted by atomic mass is 10.2. The minimum absolute atomic E-state index is 0.0162. The summed E-state index contributed by atoms with van der Waals surface area (Å²) in [6.45, 7) is 5.02. The lowest BCUT2D eigenvalue weighted by Crippen LogP contribution is -2.31. The van der Waals surface area contributed by atoms with E-state index in [4.69, 9.17) is 0 Å². The van der Waals surface area contributed by atoms with Gasteiger partial charge in [-0.2, -0.15) is 0 Å². The Hall–Kier alpha value is -2.72. The molecule has 1 N–H and O–H groups in total. The summed E-state index contributed by atoms with van der Waals surface area (Å²) in [5.74, 6) is -0.716. The first-order chi connectivity index (χ1) is 14.7. The number of halogens is 1.